The summed E-state index contributed by atoms with van der Waals surface area (Å²) < 4.78 is 0. The first-order chi connectivity index (χ1) is 3.81. The summed E-state index contributed by atoms with van der Waals surface area (Å²) in [4.78, 5) is 10.6. The average molecular weight is 113 g/mol. The Kier molecular flexibility index (Phi) is 4.62. The van der Waals surface area contributed by atoms with E-state index in [1.807, 2.05) is 20.3 Å². The second-order valence-electron chi connectivity index (χ2n) is 1.84. The molecular formula is C7H13O. The predicted molar refractivity (Wildman–Crippen MR) is 34.5 cm³/mol. The number of hydrogen-bond donors (Lipinski definition) is 0. The standard InChI is InChI=1S/C7H13O/c1-3-5-6-7(8)4-2/h3H,4-6H2,1-2H3. The number of carbonyl (C=O) groups excluding carboxylic acids is 1. The van der Waals surface area contributed by atoms with Gasteiger partial charge in [0.2, 0.25) is 0 Å². The van der Waals surface area contributed by atoms with E-state index < -0.39 is 0 Å². The number of hydrogen-bond acceptors (Lipinski definition) is 1. The van der Waals surface area contributed by atoms with Crippen LogP contribution in [0.15, 0.2) is 0 Å². The van der Waals surface area contributed by atoms with Gasteiger partial charge < -0.3 is 0 Å². The molecule has 0 fully saturated rings. The molecule has 1 heteroatoms. The van der Waals surface area contributed by atoms with Crippen LogP contribution >= 0.6 is 0 Å². The second-order valence-corrected chi connectivity index (χ2v) is 1.84. The lowest BCUT2D eigenvalue weighted by Crippen LogP contribution is -1.92. The molecule has 0 N–H and O–H groups in total. The number of ketones is 1. The SMILES string of the molecule is C[CH]CCC(=O)CC. The molecule has 0 aliphatic rings. The van der Waals surface area contributed by atoms with Crippen molar-refractivity contribution in [1.29, 1.82) is 0 Å². The lowest BCUT2D eigenvalue weighted by molar-refractivity contribution is -0.118. The van der Waals surface area contributed by atoms with Gasteiger partial charge in [0.25, 0.3) is 0 Å². The Morgan fingerprint density at radius 3 is 2.62 bits per heavy atom. The molecule has 0 aromatic heterocycles. The fourth-order valence-electron chi connectivity index (χ4n) is 0.482. The summed E-state index contributed by atoms with van der Waals surface area (Å²) in [6, 6.07) is 0. The first-order valence-corrected chi connectivity index (χ1v) is 3.10. The topological polar surface area (TPSA) is 17.1 Å². The van der Waals surface area contributed by atoms with Crippen molar-refractivity contribution in [1.82, 2.24) is 0 Å². The van der Waals surface area contributed by atoms with Crippen molar-refractivity contribution in [3.05, 3.63) is 6.42 Å². The molecule has 0 heterocycles. The molecule has 0 aliphatic carbocycles. The minimum absolute atomic E-state index is 0.364. The molecule has 0 amide bonds. The Morgan fingerprint density at radius 1 is 1.62 bits per heavy atom. The van der Waals surface area contributed by atoms with Crippen molar-refractivity contribution in [3.8, 4) is 0 Å². The van der Waals surface area contributed by atoms with Crippen LogP contribution in [0.2, 0.25) is 0 Å². The van der Waals surface area contributed by atoms with Crippen LogP contribution in [-0.2, 0) is 4.79 Å². The number of unbranched alkanes of at least 4 members (excludes halogenated alkanes) is 1. The zero-order valence-electron chi connectivity index (χ0n) is 5.61. The molecular weight excluding hydrogens is 100 g/mol. The van der Waals surface area contributed by atoms with Crippen molar-refractivity contribution in [2.45, 2.75) is 33.1 Å². The molecule has 8 heavy (non-hydrogen) atoms. The molecule has 0 spiro atoms. The molecule has 0 saturated heterocycles. The van der Waals surface area contributed by atoms with Gasteiger partial charge in [-0.2, -0.15) is 0 Å². The molecule has 0 aliphatic heterocycles. The van der Waals surface area contributed by atoms with E-state index in [2.05, 4.69) is 0 Å². The fourth-order valence-corrected chi connectivity index (χ4v) is 0.482. The van der Waals surface area contributed by atoms with Gasteiger partial charge in [-0.3, -0.25) is 4.79 Å². The quantitative estimate of drug-likeness (QED) is 0.544. The third-order valence-corrected chi connectivity index (χ3v) is 1.11. The zero-order valence-corrected chi connectivity index (χ0v) is 5.61. The van der Waals surface area contributed by atoms with Crippen molar-refractivity contribution < 1.29 is 4.79 Å². The van der Waals surface area contributed by atoms with E-state index in [1.54, 1.807) is 0 Å². The van der Waals surface area contributed by atoms with Crippen LogP contribution in [0.4, 0.5) is 0 Å². The summed E-state index contributed by atoms with van der Waals surface area (Å²) in [6.45, 7) is 3.88. The first-order valence-electron chi connectivity index (χ1n) is 3.10. The smallest absolute Gasteiger partial charge is 0.132 e. The van der Waals surface area contributed by atoms with Gasteiger partial charge in [-0.25, -0.2) is 0 Å². The summed E-state index contributed by atoms with van der Waals surface area (Å²) in [7, 11) is 0. The van der Waals surface area contributed by atoms with E-state index in [0.29, 0.717) is 12.2 Å². The van der Waals surface area contributed by atoms with Crippen LogP contribution in [0.3, 0.4) is 0 Å². The van der Waals surface area contributed by atoms with Crippen molar-refractivity contribution in [2.75, 3.05) is 0 Å². The van der Waals surface area contributed by atoms with Gasteiger partial charge in [0.15, 0.2) is 0 Å². The van der Waals surface area contributed by atoms with E-state index in [1.165, 1.54) is 0 Å². The van der Waals surface area contributed by atoms with E-state index in [-0.39, 0.29) is 0 Å². The summed E-state index contributed by atoms with van der Waals surface area (Å²) in [5.41, 5.74) is 0. The van der Waals surface area contributed by atoms with Gasteiger partial charge in [-0.1, -0.05) is 13.8 Å². The van der Waals surface area contributed by atoms with E-state index >= 15 is 0 Å². The zero-order chi connectivity index (χ0) is 6.41. The maximum Gasteiger partial charge on any atom is 0.132 e. The molecule has 0 bridgehead atoms. The highest BCUT2D eigenvalue weighted by Crippen LogP contribution is 1.95. The van der Waals surface area contributed by atoms with Crippen LogP contribution in [0.25, 0.3) is 0 Å². The van der Waals surface area contributed by atoms with Crippen molar-refractivity contribution in [2.24, 2.45) is 0 Å². The third-order valence-electron chi connectivity index (χ3n) is 1.11. The van der Waals surface area contributed by atoms with Crippen LogP contribution < -0.4 is 0 Å². The minimum Gasteiger partial charge on any atom is -0.300 e. The Morgan fingerprint density at radius 2 is 2.25 bits per heavy atom. The summed E-state index contributed by atoms with van der Waals surface area (Å²) in [5.74, 6) is 0.364. The van der Waals surface area contributed by atoms with Crippen LogP contribution in [0.1, 0.15) is 33.1 Å². The molecule has 0 atom stereocenters. The summed E-state index contributed by atoms with van der Waals surface area (Å²) >= 11 is 0. The van der Waals surface area contributed by atoms with E-state index in [0.717, 1.165) is 12.8 Å². The van der Waals surface area contributed by atoms with Gasteiger partial charge in [0.05, 0.1) is 0 Å². The summed E-state index contributed by atoms with van der Waals surface area (Å²) in [6.07, 6.45) is 4.38. The van der Waals surface area contributed by atoms with E-state index in [4.69, 9.17) is 0 Å². The highest BCUT2D eigenvalue weighted by atomic mass is 16.1. The van der Waals surface area contributed by atoms with Crippen LogP contribution in [0, 0.1) is 6.42 Å². The Bertz CT molecular complexity index is 66.8. The molecule has 0 aromatic rings. The average Bonchev–Trinajstić information content (AvgIpc) is 1.83. The lowest BCUT2D eigenvalue weighted by Gasteiger charge is -1.90. The normalized spacial score (nSPS) is 9.25. The molecule has 0 saturated carbocycles. The van der Waals surface area contributed by atoms with Gasteiger partial charge in [-0.15, -0.1) is 0 Å². The highest BCUT2D eigenvalue weighted by Gasteiger charge is 1.93. The second kappa shape index (κ2) is 4.82. The molecule has 0 aromatic carbocycles. The Labute approximate surface area is 51.1 Å². The van der Waals surface area contributed by atoms with Crippen molar-refractivity contribution >= 4 is 5.78 Å². The molecule has 1 nitrogen and oxygen atoms in total. The van der Waals surface area contributed by atoms with Crippen LogP contribution in [0.5, 0.6) is 0 Å². The molecule has 47 valence electrons. The lowest BCUT2D eigenvalue weighted by atomic mass is 10.1. The van der Waals surface area contributed by atoms with Crippen molar-refractivity contribution in [3.63, 3.8) is 0 Å². The fraction of sp³-hybridized carbons (Fsp3) is 0.714. The summed E-state index contributed by atoms with van der Waals surface area (Å²) in [5, 5.41) is 0. The maximum absolute atomic E-state index is 10.6. The maximum atomic E-state index is 10.6. The molecule has 0 unspecified atom stereocenters. The predicted octanol–water partition coefficient (Wildman–Crippen LogP) is 1.97. The Hall–Kier alpha value is -0.330. The monoisotopic (exact) mass is 113 g/mol. The minimum atomic E-state index is 0.364. The first kappa shape index (κ1) is 7.67. The van der Waals surface area contributed by atoms with Gasteiger partial charge >= 0.3 is 0 Å². The van der Waals surface area contributed by atoms with Gasteiger partial charge in [0, 0.05) is 12.8 Å². The third kappa shape index (κ3) is 3.85. The Balaban J connectivity index is 2.99. The van der Waals surface area contributed by atoms with E-state index in [9.17, 15) is 4.79 Å². The molecule has 0 rings (SSSR count). The van der Waals surface area contributed by atoms with Gasteiger partial charge in [0.1, 0.15) is 5.78 Å². The van der Waals surface area contributed by atoms with Crippen LogP contribution in [-0.4, -0.2) is 5.78 Å². The van der Waals surface area contributed by atoms with Gasteiger partial charge in [-0.05, 0) is 12.8 Å². The number of carbonyl (C=O) groups is 1. The number of Topliss-reactive ketones (excluding diaryl/α,β-unsaturated/α-hetero) is 1. The number of rotatable bonds is 4. The largest absolute Gasteiger partial charge is 0.300 e. The highest BCUT2D eigenvalue weighted by molar-refractivity contribution is 5.77. The molecule has 1 radical (unpaired) electrons.